The largest absolute Gasteiger partial charge is 0.314 e. The van der Waals surface area contributed by atoms with Crippen LogP contribution < -0.4 is 5.32 Å². The summed E-state index contributed by atoms with van der Waals surface area (Å²) in [6.07, 6.45) is 5.17. The van der Waals surface area contributed by atoms with E-state index in [4.69, 9.17) is 0 Å². The minimum absolute atomic E-state index is 0.672. The van der Waals surface area contributed by atoms with Crippen LogP contribution in [0.4, 0.5) is 0 Å². The van der Waals surface area contributed by atoms with Crippen LogP contribution in [0, 0.1) is 13.8 Å². The first kappa shape index (κ1) is 16.6. The second kappa shape index (κ2) is 9.44. The molecule has 0 amide bonds. The van der Waals surface area contributed by atoms with E-state index in [1.165, 1.54) is 47.5 Å². The minimum Gasteiger partial charge on any atom is -0.314 e. The molecule has 0 fully saturated rings. The third-order valence-corrected chi connectivity index (χ3v) is 4.62. The maximum Gasteiger partial charge on any atom is 0.0101 e. The van der Waals surface area contributed by atoms with Gasteiger partial charge >= 0.3 is 0 Å². The van der Waals surface area contributed by atoms with Crippen molar-refractivity contribution in [3.05, 3.63) is 29.3 Å². The molecule has 0 saturated heterocycles. The Morgan fingerprint density at radius 1 is 1.21 bits per heavy atom. The molecule has 0 bridgehead atoms. The Balaban J connectivity index is 2.13. The Labute approximate surface area is 123 Å². The normalized spacial score (nSPS) is 12.6. The molecule has 1 unspecified atom stereocenters. The molecule has 0 spiro atoms. The average molecular weight is 279 g/mol. The molecule has 0 radical (unpaired) electrons. The van der Waals surface area contributed by atoms with Gasteiger partial charge in [0.15, 0.2) is 0 Å². The van der Waals surface area contributed by atoms with Crippen LogP contribution in [0.5, 0.6) is 0 Å². The summed E-state index contributed by atoms with van der Waals surface area (Å²) in [5.41, 5.74) is 2.78. The van der Waals surface area contributed by atoms with E-state index in [-0.39, 0.29) is 0 Å². The van der Waals surface area contributed by atoms with Gasteiger partial charge in [-0.1, -0.05) is 31.0 Å². The smallest absolute Gasteiger partial charge is 0.0101 e. The maximum atomic E-state index is 3.55. The molecule has 0 saturated carbocycles. The molecule has 1 aromatic carbocycles. The fraction of sp³-hybridized carbons (Fsp3) is 0.647. The minimum atomic E-state index is 0.672. The summed E-state index contributed by atoms with van der Waals surface area (Å²) in [6.45, 7) is 10.0. The summed E-state index contributed by atoms with van der Waals surface area (Å²) < 4.78 is 0. The number of nitrogens with one attached hydrogen (secondary N) is 1. The van der Waals surface area contributed by atoms with Crippen molar-refractivity contribution in [2.45, 2.75) is 64.3 Å². The van der Waals surface area contributed by atoms with E-state index in [9.17, 15) is 0 Å². The van der Waals surface area contributed by atoms with Crippen LogP contribution in [0.2, 0.25) is 0 Å². The summed E-state index contributed by atoms with van der Waals surface area (Å²) in [7, 11) is 0. The van der Waals surface area contributed by atoms with E-state index in [1.807, 2.05) is 11.8 Å². The molecule has 1 atom stereocenters. The van der Waals surface area contributed by atoms with Crippen LogP contribution in [0.15, 0.2) is 23.1 Å². The van der Waals surface area contributed by atoms with Crippen molar-refractivity contribution < 1.29 is 0 Å². The molecule has 108 valence electrons. The topological polar surface area (TPSA) is 12.0 Å². The van der Waals surface area contributed by atoms with Gasteiger partial charge in [0.25, 0.3) is 0 Å². The van der Waals surface area contributed by atoms with Crippen LogP contribution in [-0.4, -0.2) is 18.3 Å². The fourth-order valence-corrected chi connectivity index (χ4v) is 3.21. The fourth-order valence-electron chi connectivity index (χ4n) is 2.19. The highest BCUT2D eigenvalue weighted by atomic mass is 32.2. The van der Waals surface area contributed by atoms with Gasteiger partial charge in [0.05, 0.1) is 0 Å². The number of thioether (sulfide) groups is 1. The highest BCUT2D eigenvalue weighted by Crippen LogP contribution is 2.24. The van der Waals surface area contributed by atoms with Crippen LogP contribution in [0.1, 0.15) is 50.7 Å². The predicted octanol–water partition coefficient (Wildman–Crippen LogP) is 4.95. The molecule has 1 rings (SSSR count). The lowest BCUT2D eigenvalue weighted by molar-refractivity contribution is 0.496. The molecule has 2 heteroatoms. The van der Waals surface area contributed by atoms with Gasteiger partial charge in [-0.25, -0.2) is 0 Å². The van der Waals surface area contributed by atoms with Gasteiger partial charge in [0.2, 0.25) is 0 Å². The second-order valence-corrected chi connectivity index (χ2v) is 6.61. The average Bonchev–Trinajstić information content (AvgIpc) is 2.38. The van der Waals surface area contributed by atoms with Gasteiger partial charge in [-0.05, 0) is 64.0 Å². The van der Waals surface area contributed by atoms with Crippen molar-refractivity contribution >= 4 is 11.8 Å². The van der Waals surface area contributed by atoms with E-state index in [2.05, 4.69) is 51.2 Å². The zero-order valence-electron chi connectivity index (χ0n) is 13.0. The molecule has 1 nitrogen and oxygen atoms in total. The predicted molar refractivity (Wildman–Crippen MR) is 88.2 cm³/mol. The lowest BCUT2D eigenvalue weighted by Gasteiger charge is -2.12. The first-order chi connectivity index (χ1) is 9.13. The van der Waals surface area contributed by atoms with Crippen LogP contribution in [0.25, 0.3) is 0 Å². The number of rotatable bonds is 9. The third-order valence-electron chi connectivity index (χ3n) is 3.36. The standard InChI is InChI=1S/C17H29NS/c1-5-11-18-16(4)8-6-7-12-19-17-10-9-14(2)13-15(17)3/h9-10,13,16,18H,5-8,11-12H2,1-4H3. The Morgan fingerprint density at radius 3 is 2.68 bits per heavy atom. The number of benzene rings is 1. The number of aryl methyl sites for hydroxylation is 2. The van der Waals surface area contributed by atoms with Gasteiger partial charge in [-0.15, -0.1) is 11.8 Å². The number of hydrogen-bond donors (Lipinski definition) is 1. The first-order valence-corrected chi connectivity index (χ1v) is 8.55. The third kappa shape index (κ3) is 7.03. The monoisotopic (exact) mass is 279 g/mol. The molecule has 1 aromatic rings. The Kier molecular flexibility index (Phi) is 8.24. The van der Waals surface area contributed by atoms with Gasteiger partial charge in [-0.3, -0.25) is 0 Å². The summed E-state index contributed by atoms with van der Waals surface area (Å²) in [5, 5.41) is 3.55. The van der Waals surface area contributed by atoms with Gasteiger partial charge in [0.1, 0.15) is 0 Å². The Morgan fingerprint density at radius 2 is 2.00 bits per heavy atom. The van der Waals surface area contributed by atoms with Gasteiger partial charge in [-0.2, -0.15) is 0 Å². The van der Waals surface area contributed by atoms with E-state index >= 15 is 0 Å². The summed E-state index contributed by atoms with van der Waals surface area (Å²) in [6, 6.07) is 7.43. The lowest BCUT2D eigenvalue weighted by Crippen LogP contribution is -2.26. The summed E-state index contributed by atoms with van der Waals surface area (Å²) in [5.74, 6) is 1.24. The lowest BCUT2D eigenvalue weighted by atomic mass is 10.1. The van der Waals surface area contributed by atoms with Crippen molar-refractivity contribution in [2.24, 2.45) is 0 Å². The van der Waals surface area contributed by atoms with Crippen molar-refractivity contribution in [1.82, 2.24) is 5.32 Å². The Hall–Kier alpha value is -0.470. The van der Waals surface area contributed by atoms with Crippen molar-refractivity contribution in [2.75, 3.05) is 12.3 Å². The van der Waals surface area contributed by atoms with E-state index in [0.29, 0.717) is 6.04 Å². The van der Waals surface area contributed by atoms with E-state index in [0.717, 1.165) is 6.54 Å². The molecule has 0 heterocycles. The zero-order chi connectivity index (χ0) is 14.1. The molecular weight excluding hydrogens is 250 g/mol. The van der Waals surface area contributed by atoms with Crippen LogP contribution in [0.3, 0.4) is 0 Å². The van der Waals surface area contributed by atoms with E-state index in [1.54, 1.807) is 0 Å². The van der Waals surface area contributed by atoms with Gasteiger partial charge in [0, 0.05) is 10.9 Å². The SMILES string of the molecule is CCCNC(C)CCCCSc1ccc(C)cc1C. The summed E-state index contributed by atoms with van der Waals surface area (Å²) >= 11 is 2.00. The molecular formula is C17H29NS. The van der Waals surface area contributed by atoms with Crippen LogP contribution in [-0.2, 0) is 0 Å². The quantitative estimate of drug-likeness (QED) is 0.507. The second-order valence-electron chi connectivity index (χ2n) is 5.47. The molecule has 0 aromatic heterocycles. The molecule has 0 aliphatic carbocycles. The summed E-state index contributed by atoms with van der Waals surface area (Å²) in [4.78, 5) is 1.45. The van der Waals surface area contributed by atoms with Crippen LogP contribution >= 0.6 is 11.8 Å². The molecule has 0 aliphatic heterocycles. The maximum absolute atomic E-state index is 3.55. The zero-order valence-corrected chi connectivity index (χ0v) is 13.8. The van der Waals surface area contributed by atoms with Crippen molar-refractivity contribution in [3.8, 4) is 0 Å². The van der Waals surface area contributed by atoms with E-state index < -0.39 is 0 Å². The van der Waals surface area contributed by atoms with Gasteiger partial charge < -0.3 is 5.32 Å². The highest BCUT2D eigenvalue weighted by molar-refractivity contribution is 7.99. The number of hydrogen-bond acceptors (Lipinski definition) is 2. The first-order valence-electron chi connectivity index (χ1n) is 7.57. The van der Waals surface area contributed by atoms with Crippen molar-refractivity contribution in [3.63, 3.8) is 0 Å². The molecule has 0 aliphatic rings. The highest BCUT2D eigenvalue weighted by Gasteiger charge is 2.02. The van der Waals surface area contributed by atoms with Crippen molar-refractivity contribution in [1.29, 1.82) is 0 Å². The molecule has 19 heavy (non-hydrogen) atoms. The molecule has 1 N–H and O–H groups in total. The Bertz CT molecular complexity index is 362. The number of unbranched alkanes of at least 4 members (excludes halogenated alkanes) is 1.